The summed E-state index contributed by atoms with van der Waals surface area (Å²) < 4.78 is 0. The van der Waals surface area contributed by atoms with Crippen LogP contribution in [0.1, 0.15) is 19.8 Å². The molecule has 1 aliphatic rings. The molecule has 6 heteroatoms. The Bertz CT molecular complexity index is 517. The number of hydrogen-bond donors (Lipinski definition) is 2. The molecular formula is C13H16ClN3O2. The van der Waals surface area contributed by atoms with Crippen LogP contribution < -0.4 is 16.0 Å². The van der Waals surface area contributed by atoms with Crippen molar-refractivity contribution in [1.29, 1.82) is 0 Å². The number of benzene rings is 1. The van der Waals surface area contributed by atoms with Gasteiger partial charge in [0.2, 0.25) is 11.8 Å². The summed E-state index contributed by atoms with van der Waals surface area (Å²) in [4.78, 5) is 24.8. The minimum atomic E-state index is -0.585. The van der Waals surface area contributed by atoms with E-state index in [0.29, 0.717) is 29.4 Å². The molecule has 0 aliphatic carbocycles. The van der Waals surface area contributed by atoms with E-state index in [-0.39, 0.29) is 11.8 Å². The number of hydrogen-bond acceptors (Lipinski definition) is 3. The molecule has 0 bridgehead atoms. The number of anilines is 2. The van der Waals surface area contributed by atoms with Crippen LogP contribution in [0.5, 0.6) is 0 Å². The third-order valence-corrected chi connectivity index (χ3v) is 3.30. The van der Waals surface area contributed by atoms with E-state index in [2.05, 4.69) is 5.32 Å². The van der Waals surface area contributed by atoms with E-state index in [1.165, 1.54) is 0 Å². The Balaban J connectivity index is 2.17. The summed E-state index contributed by atoms with van der Waals surface area (Å²) in [5.41, 5.74) is 6.73. The van der Waals surface area contributed by atoms with E-state index in [1.807, 2.05) is 0 Å². The Hall–Kier alpha value is -1.59. The SMILES string of the molecule is C[C@H](N)C(=O)Nc1ccc(N2CCCC2=O)c(Cl)c1. The van der Waals surface area contributed by atoms with Crippen molar-refractivity contribution in [2.75, 3.05) is 16.8 Å². The van der Waals surface area contributed by atoms with Crippen molar-refractivity contribution in [3.05, 3.63) is 23.2 Å². The maximum Gasteiger partial charge on any atom is 0.240 e. The highest BCUT2D eigenvalue weighted by Crippen LogP contribution is 2.31. The Morgan fingerprint density at radius 3 is 2.79 bits per heavy atom. The van der Waals surface area contributed by atoms with Crippen LogP contribution in [0.2, 0.25) is 5.02 Å². The average Bonchev–Trinajstić information content (AvgIpc) is 2.75. The van der Waals surface area contributed by atoms with Crippen molar-refractivity contribution in [3.8, 4) is 0 Å². The summed E-state index contributed by atoms with van der Waals surface area (Å²) in [6.45, 7) is 2.29. The van der Waals surface area contributed by atoms with Gasteiger partial charge in [-0.1, -0.05) is 11.6 Å². The van der Waals surface area contributed by atoms with Gasteiger partial charge in [0.1, 0.15) is 0 Å². The van der Waals surface area contributed by atoms with Crippen molar-refractivity contribution in [2.45, 2.75) is 25.8 Å². The van der Waals surface area contributed by atoms with Crippen molar-refractivity contribution < 1.29 is 9.59 Å². The number of halogens is 1. The molecule has 102 valence electrons. The summed E-state index contributed by atoms with van der Waals surface area (Å²) >= 11 is 6.16. The lowest BCUT2D eigenvalue weighted by molar-refractivity contribution is -0.117. The van der Waals surface area contributed by atoms with Crippen molar-refractivity contribution >= 4 is 34.8 Å². The number of amides is 2. The molecule has 0 aromatic heterocycles. The van der Waals surface area contributed by atoms with Crippen molar-refractivity contribution in [3.63, 3.8) is 0 Å². The fraction of sp³-hybridized carbons (Fsp3) is 0.385. The Morgan fingerprint density at radius 1 is 1.53 bits per heavy atom. The molecule has 0 spiro atoms. The molecule has 1 heterocycles. The maximum absolute atomic E-state index is 11.7. The van der Waals surface area contributed by atoms with E-state index in [9.17, 15) is 9.59 Å². The molecule has 1 aromatic carbocycles. The monoisotopic (exact) mass is 281 g/mol. The van der Waals surface area contributed by atoms with Gasteiger partial charge in [-0.05, 0) is 31.5 Å². The molecule has 2 rings (SSSR count). The predicted molar refractivity (Wildman–Crippen MR) is 75.3 cm³/mol. The lowest BCUT2D eigenvalue weighted by Crippen LogP contribution is -2.32. The van der Waals surface area contributed by atoms with E-state index >= 15 is 0 Å². The van der Waals surface area contributed by atoms with Crippen LogP contribution >= 0.6 is 11.6 Å². The minimum absolute atomic E-state index is 0.0780. The smallest absolute Gasteiger partial charge is 0.240 e. The quantitative estimate of drug-likeness (QED) is 0.886. The zero-order chi connectivity index (χ0) is 14.0. The third kappa shape index (κ3) is 3.05. The normalized spacial score (nSPS) is 16.6. The van der Waals surface area contributed by atoms with Gasteiger partial charge in [0.05, 0.1) is 16.8 Å². The second-order valence-electron chi connectivity index (χ2n) is 4.59. The van der Waals surface area contributed by atoms with Crippen molar-refractivity contribution in [2.24, 2.45) is 5.73 Å². The molecule has 1 aliphatic heterocycles. The van der Waals surface area contributed by atoms with Gasteiger partial charge in [-0.2, -0.15) is 0 Å². The van der Waals surface area contributed by atoms with Gasteiger partial charge in [-0.25, -0.2) is 0 Å². The molecule has 2 amide bonds. The number of rotatable bonds is 3. The predicted octanol–water partition coefficient (Wildman–Crippen LogP) is 1.75. The summed E-state index contributed by atoms with van der Waals surface area (Å²) in [5, 5.41) is 3.10. The first kappa shape index (κ1) is 13.8. The molecule has 1 atom stereocenters. The molecule has 1 saturated heterocycles. The van der Waals surface area contributed by atoms with E-state index < -0.39 is 6.04 Å². The number of nitrogens with two attached hydrogens (primary N) is 1. The molecule has 0 saturated carbocycles. The summed E-state index contributed by atoms with van der Waals surface area (Å²) in [5.74, 6) is -0.199. The van der Waals surface area contributed by atoms with Gasteiger partial charge in [0.15, 0.2) is 0 Å². The van der Waals surface area contributed by atoms with Crippen LogP contribution in [0.15, 0.2) is 18.2 Å². The van der Waals surface area contributed by atoms with E-state index in [4.69, 9.17) is 17.3 Å². The lowest BCUT2D eigenvalue weighted by Gasteiger charge is -2.18. The fourth-order valence-corrected chi connectivity index (χ4v) is 2.25. The molecule has 0 radical (unpaired) electrons. The molecule has 5 nitrogen and oxygen atoms in total. The van der Waals surface area contributed by atoms with Crippen LogP contribution in [0.4, 0.5) is 11.4 Å². The average molecular weight is 282 g/mol. The zero-order valence-electron chi connectivity index (χ0n) is 10.6. The third-order valence-electron chi connectivity index (χ3n) is 2.99. The van der Waals surface area contributed by atoms with Crippen LogP contribution in [0.3, 0.4) is 0 Å². The minimum Gasteiger partial charge on any atom is -0.325 e. The largest absolute Gasteiger partial charge is 0.325 e. The highest BCUT2D eigenvalue weighted by Gasteiger charge is 2.23. The Kier molecular flexibility index (Phi) is 4.07. The van der Waals surface area contributed by atoms with Crippen LogP contribution in [0.25, 0.3) is 0 Å². The first-order valence-corrected chi connectivity index (χ1v) is 6.53. The number of nitrogens with one attached hydrogen (secondary N) is 1. The zero-order valence-corrected chi connectivity index (χ0v) is 11.4. The summed E-state index contributed by atoms with van der Waals surface area (Å²) in [6.07, 6.45) is 1.40. The molecule has 19 heavy (non-hydrogen) atoms. The molecule has 0 unspecified atom stereocenters. The molecular weight excluding hydrogens is 266 g/mol. The first-order valence-electron chi connectivity index (χ1n) is 6.15. The second-order valence-corrected chi connectivity index (χ2v) is 5.00. The van der Waals surface area contributed by atoms with Crippen molar-refractivity contribution in [1.82, 2.24) is 0 Å². The summed E-state index contributed by atoms with van der Waals surface area (Å²) in [7, 11) is 0. The van der Waals surface area contributed by atoms with E-state index in [1.54, 1.807) is 30.0 Å². The maximum atomic E-state index is 11.7. The Labute approximate surface area is 116 Å². The second kappa shape index (κ2) is 5.59. The van der Waals surface area contributed by atoms with Gasteiger partial charge >= 0.3 is 0 Å². The number of nitrogens with zero attached hydrogens (tertiary/aromatic N) is 1. The molecule has 1 fully saturated rings. The number of carbonyl (C=O) groups is 2. The topological polar surface area (TPSA) is 75.4 Å². The highest BCUT2D eigenvalue weighted by atomic mass is 35.5. The van der Waals surface area contributed by atoms with E-state index in [0.717, 1.165) is 6.42 Å². The van der Waals surface area contributed by atoms with Crippen LogP contribution in [-0.4, -0.2) is 24.4 Å². The number of carbonyl (C=O) groups excluding carboxylic acids is 2. The van der Waals surface area contributed by atoms with Crippen LogP contribution in [0, 0.1) is 0 Å². The van der Waals surface area contributed by atoms with Gasteiger partial charge in [0, 0.05) is 18.7 Å². The van der Waals surface area contributed by atoms with Gasteiger partial charge in [0.25, 0.3) is 0 Å². The molecule has 3 N–H and O–H groups in total. The summed E-state index contributed by atoms with van der Waals surface area (Å²) in [6, 6.07) is 4.50. The Morgan fingerprint density at radius 2 is 2.26 bits per heavy atom. The molecule has 1 aromatic rings. The van der Waals surface area contributed by atoms with Gasteiger partial charge in [-0.3, -0.25) is 9.59 Å². The highest BCUT2D eigenvalue weighted by molar-refractivity contribution is 6.34. The lowest BCUT2D eigenvalue weighted by atomic mass is 10.2. The first-order chi connectivity index (χ1) is 8.99. The standard InChI is InChI=1S/C13H16ClN3O2/c1-8(15)13(19)16-9-4-5-11(10(14)7-9)17-6-2-3-12(17)18/h4-5,7-8H,2-3,6,15H2,1H3,(H,16,19)/t8-/m0/s1. The van der Waals surface area contributed by atoms with Gasteiger partial charge < -0.3 is 16.0 Å². The van der Waals surface area contributed by atoms with Crippen LogP contribution in [-0.2, 0) is 9.59 Å². The van der Waals surface area contributed by atoms with Gasteiger partial charge in [-0.15, -0.1) is 0 Å². The fourth-order valence-electron chi connectivity index (χ4n) is 1.96.